The standard InChI is InChI=1S/C17H24N6O/c1-13-20-14(12-16(18-2)21-13)15-6-3-11-23(15)17(24)7-4-9-22-10-5-8-19-22/h5,8,10,12,15H,3-4,6-7,9,11H2,1-2H3,(H,18,20,21)/t15-/m1/s1. The summed E-state index contributed by atoms with van der Waals surface area (Å²) in [5.41, 5.74) is 0.935. The Kier molecular flexibility index (Phi) is 5.08. The summed E-state index contributed by atoms with van der Waals surface area (Å²) in [6.45, 7) is 3.46. The third-order valence-corrected chi connectivity index (χ3v) is 4.37. The topological polar surface area (TPSA) is 75.9 Å². The minimum absolute atomic E-state index is 0.0657. The van der Waals surface area contributed by atoms with Crippen molar-refractivity contribution in [1.82, 2.24) is 24.6 Å². The average Bonchev–Trinajstić information content (AvgIpc) is 3.25. The van der Waals surface area contributed by atoms with Crippen LogP contribution in [0.2, 0.25) is 0 Å². The first kappa shape index (κ1) is 16.4. The van der Waals surface area contributed by atoms with Crippen LogP contribution in [0.15, 0.2) is 24.5 Å². The van der Waals surface area contributed by atoms with E-state index in [1.165, 1.54) is 0 Å². The van der Waals surface area contributed by atoms with Gasteiger partial charge < -0.3 is 10.2 Å². The second-order valence-electron chi connectivity index (χ2n) is 6.09. The van der Waals surface area contributed by atoms with Gasteiger partial charge in [-0.05, 0) is 32.3 Å². The number of carbonyl (C=O) groups is 1. The molecule has 1 aliphatic heterocycles. The number of anilines is 1. The second kappa shape index (κ2) is 7.42. The number of aromatic nitrogens is 4. The maximum atomic E-state index is 12.6. The van der Waals surface area contributed by atoms with E-state index in [9.17, 15) is 4.79 Å². The number of nitrogens with zero attached hydrogens (tertiary/aromatic N) is 5. The first-order chi connectivity index (χ1) is 11.7. The molecule has 128 valence electrons. The predicted molar refractivity (Wildman–Crippen MR) is 91.5 cm³/mol. The molecule has 0 aromatic carbocycles. The molecule has 1 aliphatic rings. The molecule has 0 aliphatic carbocycles. The van der Waals surface area contributed by atoms with Gasteiger partial charge in [-0.1, -0.05) is 0 Å². The van der Waals surface area contributed by atoms with Crippen LogP contribution in [-0.4, -0.2) is 44.1 Å². The Morgan fingerprint density at radius 2 is 2.29 bits per heavy atom. The molecule has 0 unspecified atom stereocenters. The fourth-order valence-electron chi connectivity index (χ4n) is 3.23. The molecule has 0 spiro atoms. The van der Waals surface area contributed by atoms with E-state index in [0.717, 1.165) is 49.7 Å². The zero-order valence-corrected chi connectivity index (χ0v) is 14.3. The molecule has 3 rings (SSSR count). The van der Waals surface area contributed by atoms with E-state index >= 15 is 0 Å². The Bertz CT molecular complexity index is 684. The summed E-state index contributed by atoms with van der Waals surface area (Å²) >= 11 is 0. The first-order valence-corrected chi connectivity index (χ1v) is 8.47. The maximum absolute atomic E-state index is 12.6. The van der Waals surface area contributed by atoms with Gasteiger partial charge in [-0.3, -0.25) is 9.48 Å². The van der Waals surface area contributed by atoms with Gasteiger partial charge in [0.2, 0.25) is 5.91 Å². The number of hydrogen-bond acceptors (Lipinski definition) is 5. The van der Waals surface area contributed by atoms with Crippen LogP contribution in [0.25, 0.3) is 0 Å². The van der Waals surface area contributed by atoms with Gasteiger partial charge >= 0.3 is 0 Å². The van der Waals surface area contributed by atoms with Gasteiger partial charge in [-0.25, -0.2) is 9.97 Å². The summed E-state index contributed by atoms with van der Waals surface area (Å²) in [6.07, 6.45) is 7.01. The predicted octanol–water partition coefficient (Wildman–Crippen LogP) is 2.17. The average molecular weight is 328 g/mol. The van der Waals surface area contributed by atoms with E-state index in [0.29, 0.717) is 6.42 Å². The first-order valence-electron chi connectivity index (χ1n) is 8.47. The van der Waals surface area contributed by atoms with E-state index < -0.39 is 0 Å². The molecule has 7 heteroatoms. The molecule has 1 atom stereocenters. The van der Waals surface area contributed by atoms with Gasteiger partial charge in [0.1, 0.15) is 11.6 Å². The Balaban J connectivity index is 1.64. The van der Waals surface area contributed by atoms with E-state index in [2.05, 4.69) is 20.4 Å². The highest BCUT2D eigenvalue weighted by atomic mass is 16.2. The van der Waals surface area contributed by atoms with Gasteiger partial charge in [0.15, 0.2) is 0 Å². The zero-order chi connectivity index (χ0) is 16.9. The van der Waals surface area contributed by atoms with Gasteiger partial charge in [-0.2, -0.15) is 5.10 Å². The molecule has 1 saturated heterocycles. The second-order valence-corrected chi connectivity index (χ2v) is 6.09. The summed E-state index contributed by atoms with van der Waals surface area (Å²) < 4.78 is 1.86. The molecule has 7 nitrogen and oxygen atoms in total. The van der Waals surface area contributed by atoms with Crippen molar-refractivity contribution in [2.75, 3.05) is 18.9 Å². The molecule has 1 amide bonds. The van der Waals surface area contributed by atoms with Gasteiger partial charge in [0.25, 0.3) is 0 Å². The van der Waals surface area contributed by atoms with Crippen molar-refractivity contribution >= 4 is 11.7 Å². The molecule has 1 fully saturated rings. The Morgan fingerprint density at radius 3 is 3.04 bits per heavy atom. The van der Waals surface area contributed by atoms with Crippen molar-refractivity contribution in [3.05, 3.63) is 36.0 Å². The lowest BCUT2D eigenvalue weighted by Crippen LogP contribution is -2.31. The van der Waals surface area contributed by atoms with Crippen LogP contribution in [-0.2, 0) is 11.3 Å². The van der Waals surface area contributed by atoms with Crippen LogP contribution >= 0.6 is 0 Å². The highest BCUT2D eigenvalue weighted by Crippen LogP contribution is 2.32. The molecular formula is C17H24N6O. The van der Waals surface area contributed by atoms with E-state index in [1.54, 1.807) is 6.20 Å². The number of aryl methyl sites for hydroxylation is 2. The summed E-state index contributed by atoms with van der Waals surface area (Å²) in [6, 6.07) is 3.92. The molecule has 1 N–H and O–H groups in total. The van der Waals surface area contributed by atoms with Crippen molar-refractivity contribution < 1.29 is 4.79 Å². The van der Waals surface area contributed by atoms with E-state index in [4.69, 9.17) is 0 Å². The summed E-state index contributed by atoms with van der Waals surface area (Å²) in [4.78, 5) is 23.5. The number of hydrogen-bond donors (Lipinski definition) is 1. The Hall–Kier alpha value is -2.44. The number of nitrogens with one attached hydrogen (secondary N) is 1. The maximum Gasteiger partial charge on any atom is 0.223 e. The van der Waals surface area contributed by atoms with Crippen LogP contribution in [0.1, 0.15) is 43.2 Å². The van der Waals surface area contributed by atoms with Crippen LogP contribution in [0, 0.1) is 6.92 Å². The van der Waals surface area contributed by atoms with E-state index in [1.807, 2.05) is 41.9 Å². The van der Waals surface area contributed by atoms with Crippen molar-refractivity contribution in [1.29, 1.82) is 0 Å². The molecule has 0 bridgehead atoms. The lowest BCUT2D eigenvalue weighted by atomic mass is 10.1. The van der Waals surface area contributed by atoms with Crippen molar-refractivity contribution in [3.8, 4) is 0 Å². The smallest absolute Gasteiger partial charge is 0.223 e. The molecule has 0 saturated carbocycles. The quantitative estimate of drug-likeness (QED) is 0.879. The molecular weight excluding hydrogens is 304 g/mol. The summed E-state index contributed by atoms with van der Waals surface area (Å²) in [5.74, 6) is 1.73. The molecule has 24 heavy (non-hydrogen) atoms. The van der Waals surface area contributed by atoms with Crippen molar-refractivity contribution in [2.24, 2.45) is 0 Å². The number of rotatable bonds is 6. The minimum Gasteiger partial charge on any atom is -0.373 e. The normalized spacial score (nSPS) is 17.2. The van der Waals surface area contributed by atoms with Crippen molar-refractivity contribution in [3.63, 3.8) is 0 Å². The lowest BCUT2D eigenvalue weighted by molar-refractivity contribution is -0.132. The van der Waals surface area contributed by atoms with Gasteiger partial charge in [0, 0.05) is 45.0 Å². The minimum atomic E-state index is 0.0657. The summed E-state index contributed by atoms with van der Waals surface area (Å²) in [7, 11) is 1.85. The Morgan fingerprint density at radius 1 is 1.42 bits per heavy atom. The monoisotopic (exact) mass is 328 g/mol. The third-order valence-electron chi connectivity index (χ3n) is 4.37. The SMILES string of the molecule is CNc1cc([C@H]2CCCN2C(=O)CCCn2cccn2)nc(C)n1. The molecule has 0 radical (unpaired) electrons. The molecule has 2 aromatic heterocycles. The lowest BCUT2D eigenvalue weighted by Gasteiger charge is -2.25. The Labute approximate surface area is 142 Å². The van der Waals surface area contributed by atoms with Gasteiger partial charge in [0.05, 0.1) is 11.7 Å². The van der Waals surface area contributed by atoms with Gasteiger partial charge in [-0.15, -0.1) is 0 Å². The largest absolute Gasteiger partial charge is 0.373 e. The highest BCUT2D eigenvalue weighted by molar-refractivity contribution is 5.77. The highest BCUT2D eigenvalue weighted by Gasteiger charge is 2.31. The number of likely N-dealkylation sites (tertiary alicyclic amines) is 1. The van der Waals surface area contributed by atoms with Crippen LogP contribution in [0.4, 0.5) is 5.82 Å². The fraction of sp³-hybridized carbons (Fsp3) is 0.529. The number of amides is 1. The molecule has 2 aromatic rings. The van der Waals surface area contributed by atoms with Crippen molar-refractivity contribution in [2.45, 2.75) is 45.2 Å². The van der Waals surface area contributed by atoms with Crippen LogP contribution in [0.5, 0.6) is 0 Å². The van der Waals surface area contributed by atoms with Crippen LogP contribution in [0.3, 0.4) is 0 Å². The zero-order valence-electron chi connectivity index (χ0n) is 14.3. The summed E-state index contributed by atoms with van der Waals surface area (Å²) in [5, 5.41) is 7.23. The molecule has 3 heterocycles. The van der Waals surface area contributed by atoms with Crippen LogP contribution < -0.4 is 5.32 Å². The fourth-order valence-corrected chi connectivity index (χ4v) is 3.23. The number of carbonyl (C=O) groups excluding carboxylic acids is 1. The third kappa shape index (κ3) is 3.72. The van der Waals surface area contributed by atoms with E-state index in [-0.39, 0.29) is 11.9 Å².